The average molecular weight is 519 g/mol. The lowest BCUT2D eigenvalue weighted by atomic mass is 10.0. The molecule has 0 heterocycles. The minimum atomic E-state index is -3.27. The number of hydrogen-bond acceptors (Lipinski definition) is 4. The van der Waals surface area contributed by atoms with Crippen molar-refractivity contribution in [3.63, 3.8) is 0 Å². The summed E-state index contributed by atoms with van der Waals surface area (Å²) in [6, 6.07) is 17.8. The lowest BCUT2D eigenvalue weighted by Crippen LogP contribution is -2.32. The van der Waals surface area contributed by atoms with Gasteiger partial charge in [0.25, 0.3) is 5.91 Å². The van der Waals surface area contributed by atoms with E-state index in [1.54, 1.807) is 47.4 Å². The molecule has 37 heavy (non-hydrogen) atoms. The fourth-order valence-corrected chi connectivity index (χ4v) is 6.17. The number of anilines is 2. The molecule has 194 valence electrons. The minimum absolute atomic E-state index is 0.0803. The largest absolute Gasteiger partial charge is 0.326 e. The highest BCUT2D eigenvalue weighted by Crippen LogP contribution is 2.32. The van der Waals surface area contributed by atoms with Crippen LogP contribution in [0.15, 0.2) is 65.6 Å². The van der Waals surface area contributed by atoms with Gasteiger partial charge in [0.2, 0.25) is 5.91 Å². The third kappa shape index (κ3) is 6.28. The van der Waals surface area contributed by atoms with Gasteiger partial charge < -0.3 is 10.2 Å². The van der Waals surface area contributed by atoms with E-state index >= 15 is 0 Å². The highest BCUT2D eigenvalue weighted by molar-refractivity contribution is 7.91. The summed E-state index contributed by atoms with van der Waals surface area (Å²) >= 11 is 0. The van der Waals surface area contributed by atoms with E-state index in [1.807, 2.05) is 45.9 Å². The SMILES string of the molecule is CCN(C(=O)c1ccc(NC(=O)Cc2ccc(S(=O)(=O)CC3CC3)cc2)cc1C)c1cccc(C)c1C. The summed E-state index contributed by atoms with van der Waals surface area (Å²) in [6.07, 6.45) is 2.09. The molecule has 3 aromatic carbocycles. The van der Waals surface area contributed by atoms with Gasteiger partial charge in [0.1, 0.15) is 0 Å². The van der Waals surface area contributed by atoms with Crippen molar-refractivity contribution in [3.05, 3.63) is 88.5 Å². The maximum absolute atomic E-state index is 13.4. The Balaban J connectivity index is 1.42. The van der Waals surface area contributed by atoms with Crippen LogP contribution in [0.5, 0.6) is 0 Å². The monoisotopic (exact) mass is 518 g/mol. The second kappa shape index (κ2) is 10.9. The van der Waals surface area contributed by atoms with Gasteiger partial charge in [0.05, 0.1) is 17.1 Å². The first-order valence-corrected chi connectivity index (χ1v) is 14.3. The minimum Gasteiger partial charge on any atom is -0.326 e. The number of benzene rings is 3. The topological polar surface area (TPSA) is 83.6 Å². The van der Waals surface area contributed by atoms with Crippen molar-refractivity contribution in [2.45, 2.75) is 51.9 Å². The Morgan fingerprint density at radius 1 is 0.946 bits per heavy atom. The van der Waals surface area contributed by atoms with E-state index in [9.17, 15) is 18.0 Å². The highest BCUT2D eigenvalue weighted by Gasteiger charge is 2.29. The molecule has 3 aromatic rings. The fourth-order valence-electron chi connectivity index (χ4n) is 4.47. The smallest absolute Gasteiger partial charge is 0.258 e. The van der Waals surface area contributed by atoms with Gasteiger partial charge in [0.15, 0.2) is 9.84 Å². The maximum atomic E-state index is 13.4. The summed E-state index contributed by atoms with van der Waals surface area (Å²) < 4.78 is 24.9. The molecule has 1 fully saturated rings. The summed E-state index contributed by atoms with van der Waals surface area (Å²) in [5, 5.41) is 2.89. The number of amides is 2. The van der Waals surface area contributed by atoms with Crippen LogP contribution >= 0.6 is 0 Å². The van der Waals surface area contributed by atoms with Crippen LogP contribution in [0.25, 0.3) is 0 Å². The van der Waals surface area contributed by atoms with Crippen LogP contribution in [0, 0.1) is 26.7 Å². The number of carbonyl (C=O) groups excluding carboxylic acids is 2. The Bertz CT molecular complexity index is 1420. The number of rotatable bonds is 9. The predicted octanol–water partition coefficient (Wildman–Crippen LogP) is 5.64. The Hall–Kier alpha value is -3.45. The lowest BCUT2D eigenvalue weighted by molar-refractivity contribution is -0.115. The van der Waals surface area contributed by atoms with Crippen molar-refractivity contribution >= 4 is 33.0 Å². The van der Waals surface area contributed by atoms with Crippen LogP contribution in [-0.2, 0) is 21.1 Å². The molecule has 0 radical (unpaired) electrons. The number of aryl methyl sites for hydroxylation is 2. The van der Waals surface area contributed by atoms with Gasteiger partial charge in [-0.1, -0.05) is 24.3 Å². The number of sulfone groups is 1. The quantitative estimate of drug-likeness (QED) is 0.397. The van der Waals surface area contributed by atoms with Crippen LogP contribution in [-0.4, -0.2) is 32.5 Å². The van der Waals surface area contributed by atoms with Crippen molar-refractivity contribution in [2.75, 3.05) is 22.5 Å². The maximum Gasteiger partial charge on any atom is 0.258 e. The van der Waals surface area contributed by atoms with Crippen molar-refractivity contribution in [3.8, 4) is 0 Å². The van der Waals surface area contributed by atoms with Gasteiger partial charge in [-0.2, -0.15) is 0 Å². The van der Waals surface area contributed by atoms with Crippen LogP contribution in [0.1, 0.15) is 52.4 Å². The molecule has 0 spiro atoms. The lowest BCUT2D eigenvalue weighted by Gasteiger charge is -2.25. The van der Waals surface area contributed by atoms with E-state index < -0.39 is 9.84 Å². The number of hydrogen-bond donors (Lipinski definition) is 1. The molecule has 0 unspecified atom stereocenters. The average Bonchev–Trinajstić information content (AvgIpc) is 3.66. The van der Waals surface area contributed by atoms with Crippen LogP contribution in [0.4, 0.5) is 11.4 Å². The Morgan fingerprint density at radius 2 is 1.65 bits per heavy atom. The van der Waals surface area contributed by atoms with E-state index in [-0.39, 0.29) is 29.9 Å². The molecule has 1 aliphatic carbocycles. The Morgan fingerprint density at radius 3 is 2.27 bits per heavy atom. The molecule has 2 amide bonds. The normalized spacial score (nSPS) is 13.3. The summed E-state index contributed by atoms with van der Waals surface area (Å²) in [7, 11) is -3.27. The molecule has 0 saturated heterocycles. The molecular weight excluding hydrogens is 484 g/mol. The number of nitrogens with one attached hydrogen (secondary N) is 1. The molecule has 7 heteroatoms. The third-order valence-electron chi connectivity index (χ3n) is 6.97. The van der Waals surface area contributed by atoms with Crippen molar-refractivity contribution < 1.29 is 18.0 Å². The van der Waals surface area contributed by atoms with Gasteiger partial charge >= 0.3 is 0 Å². The molecule has 0 aromatic heterocycles. The summed E-state index contributed by atoms with van der Waals surface area (Å²) in [6.45, 7) is 8.42. The number of nitrogens with zero attached hydrogens (tertiary/aromatic N) is 1. The fraction of sp³-hybridized carbons (Fsp3) is 0.333. The standard InChI is InChI=1S/C30H34N2O4S/c1-5-32(28-8-6-7-20(2)22(28)4)30(34)27-16-13-25(17-21(27)3)31-29(33)18-23-11-14-26(15-12-23)37(35,36)19-24-9-10-24/h6-8,11-17,24H,5,9-10,18-19H2,1-4H3,(H,31,33). The predicted molar refractivity (Wildman–Crippen MR) is 148 cm³/mol. The molecule has 6 nitrogen and oxygen atoms in total. The highest BCUT2D eigenvalue weighted by atomic mass is 32.2. The van der Waals surface area contributed by atoms with Gasteiger partial charge in [0, 0.05) is 23.5 Å². The zero-order valence-corrected chi connectivity index (χ0v) is 22.7. The zero-order valence-electron chi connectivity index (χ0n) is 21.9. The number of carbonyl (C=O) groups is 2. The van der Waals surface area contributed by atoms with Gasteiger partial charge in [-0.25, -0.2) is 8.42 Å². The summed E-state index contributed by atoms with van der Waals surface area (Å²) in [4.78, 5) is 28.1. The molecule has 0 bridgehead atoms. The molecule has 1 N–H and O–H groups in total. The van der Waals surface area contributed by atoms with Gasteiger partial charge in [-0.05, 0) is 105 Å². The van der Waals surface area contributed by atoms with Crippen molar-refractivity contribution in [1.29, 1.82) is 0 Å². The van der Waals surface area contributed by atoms with Crippen LogP contribution < -0.4 is 10.2 Å². The van der Waals surface area contributed by atoms with E-state index in [0.717, 1.165) is 40.8 Å². The molecule has 1 aliphatic rings. The molecular formula is C30H34N2O4S. The summed E-state index contributed by atoms with van der Waals surface area (Å²) in [5.74, 6) is 0.198. The molecule has 0 atom stereocenters. The Labute approximate surface area is 219 Å². The first-order chi connectivity index (χ1) is 17.6. The Kier molecular flexibility index (Phi) is 7.83. The van der Waals surface area contributed by atoms with E-state index in [1.165, 1.54) is 0 Å². The molecule has 0 aliphatic heterocycles. The second-order valence-corrected chi connectivity index (χ2v) is 11.9. The van der Waals surface area contributed by atoms with Crippen LogP contribution in [0.2, 0.25) is 0 Å². The molecule has 4 rings (SSSR count). The second-order valence-electron chi connectivity index (χ2n) is 9.89. The first kappa shape index (κ1) is 26.6. The van der Waals surface area contributed by atoms with Crippen molar-refractivity contribution in [2.24, 2.45) is 5.92 Å². The molecule has 1 saturated carbocycles. The summed E-state index contributed by atoms with van der Waals surface area (Å²) in [5.41, 5.74) is 5.81. The van der Waals surface area contributed by atoms with E-state index in [0.29, 0.717) is 22.7 Å². The van der Waals surface area contributed by atoms with Crippen LogP contribution in [0.3, 0.4) is 0 Å². The zero-order chi connectivity index (χ0) is 26.7. The van der Waals surface area contributed by atoms with Gasteiger partial charge in [-0.15, -0.1) is 0 Å². The van der Waals surface area contributed by atoms with E-state index in [4.69, 9.17) is 0 Å². The van der Waals surface area contributed by atoms with E-state index in [2.05, 4.69) is 5.32 Å². The first-order valence-electron chi connectivity index (χ1n) is 12.7. The third-order valence-corrected chi connectivity index (χ3v) is 8.87. The van der Waals surface area contributed by atoms with Crippen molar-refractivity contribution in [1.82, 2.24) is 0 Å². The van der Waals surface area contributed by atoms with Gasteiger partial charge in [-0.3, -0.25) is 9.59 Å².